The van der Waals surface area contributed by atoms with Crippen molar-refractivity contribution in [2.75, 3.05) is 26.9 Å². The van der Waals surface area contributed by atoms with E-state index in [9.17, 15) is 4.39 Å². The Hall–Kier alpha value is -0.680. The van der Waals surface area contributed by atoms with Gasteiger partial charge in [0, 0.05) is 49.3 Å². The van der Waals surface area contributed by atoms with Crippen LogP contribution in [0.25, 0.3) is 0 Å². The highest BCUT2D eigenvalue weighted by molar-refractivity contribution is 6.31. The van der Waals surface area contributed by atoms with Gasteiger partial charge in [0.25, 0.3) is 0 Å². The predicted octanol–water partition coefficient (Wildman–Crippen LogP) is 3.20. The third-order valence-electron chi connectivity index (χ3n) is 4.22. The number of likely N-dealkylation sites (N-methyl/N-ethyl adjacent to an activating group) is 1. The Morgan fingerprint density at radius 1 is 1.43 bits per heavy atom. The molecule has 0 spiro atoms. The van der Waals surface area contributed by atoms with E-state index in [1.807, 2.05) is 14.0 Å². The normalized spacial score (nSPS) is 19.4. The van der Waals surface area contributed by atoms with Crippen LogP contribution in [0.3, 0.4) is 0 Å². The average Bonchev–Trinajstić information content (AvgIpc) is 2.48. The number of halogens is 2. The van der Waals surface area contributed by atoms with Gasteiger partial charge in [0.05, 0.1) is 5.60 Å². The van der Waals surface area contributed by atoms with Crippen molar-refractivity contribution in [1.82, 2.24) is 5.32 Å². The summed E-state index contributed by atoms with van der Waals surface area (Å²) in [5.74, 6) is -0.263. The monoisotopic (exact) mass is 315 g/mol. The van der Waals surface area contributed by atoms with Crippen LogP contribution in [0.15, 0.2) is 18.2 Å². The van der Waals surface area contributed by atoms with Crippen LogP contribution in [-0.4, -0.2) is 38.5 Å². The van der Waals surface area contributed by atoms with Crippen LogP contribution in [0.1, 0.15) is 25.3 Å². The standard InChI is InChI=1S/C16H23ClFNO2/c1-3-21-16(7-9-20-10-8-16)15(19-2)11-12-13(17)5-4-6-14(12)18/h4-6,15,19H,3,7-11H2,1-2H3. The fourth-order valence-electron chi connectivity index (χ4n) is 3.08. The maximum atomic E-state index is 14.0. The Morgan fingerprint density at radius 2 is 2.14 bits per heavy atom. The Morgan fingerprint density at radius 3 is 2.71 bits per heavy atom. The summed E-state index contributed by atoms with van der Waals surface area (Å²) in [4.78, 5) is 0. The third kappa shape index (κ3) is 3.75. The smallest absolute Gasteiger partial charge is 0.127 e. The molecule has 0 aliphatic carbocycles. The van der Waals surface area contributed by atoms with E-state index in [1.54, 1.807) is 12.1 Å². The molecule has 0 amide bonds. The van der Waals surface area contributed by atoms with Gasteiger partial charge in [0.15, 0.2) is 0 Å². The quantitative estimate of drug-likeness (QED) is 0.874. The van der Waals surface area contributed by atoms with Crippen LogP contribution in [0.5, 0.6) is 0 Å². The van der Waals surface area contributed by atoms with E-state index < -0.39 is 0 Å². The topological polar surface area (TPSA) is 30.5 Å². The molecule has 0 bridgehead atoms. The number of ether oxygens (including phenoxy) is 2. The molecule has 1 aliphatic heterocycles. The first-order valence-corrected chi connectivity index (χ1v) is 7.82. The number of hydrogen-bond acceptors (Lipinski definition) is 3. The SMILES string of the molecule is CCOC1(C(Cc2c(F)cccc2Cl)NC)CCOCC1. The Bertz CT molecular complexity index is 438. The van der Waals surface area contributed by atoms with E-state index in [0.717, 1.165) is 12.8 Å². The second kappa shape index (κ2) is 7.54. The van der Waals surface area contributed by atoms with Crippen molar-refractivity contribution in [2.45, 2.75) is 37.8 Å². The molecule has 1 fully saturated rings. The third-order valence-corrected chi connectivity index (χ3v) is 4.58. The van der Waals surface area contributed by atoms with E-state index in [2.05, 4.69) is 5.32 Å². The zero-order valence-corrected chi connectivity index (χ0v) is 13.4. The number of nitrogens with one attached hydrogen (secondary N) is 1. The van der Waals surface area contributed by atoms with E-state index in [1.165, 1.54) is 6.07 Å². The highest BCUT2D eigenvalue weighted by Crippen LogP contribution is 2.32. The molecule has 1 aromatic rings. The molecular weight excluding hydrogens is 293 g/mol. The van der Waals surface area contributed by atoms with Gasteiger partial charge < -0.3 is 14.8 Å². The second-order valence-electron chi connectivity index (χ2n) is 5.36. The van der Waals surface area contributed by atoms with Crippen LogP contribution < -0.4 is 5.32 Å². The minimum absolute atomic E-state index is 0.00394. The lowest BCUT2D eigenvalue weighted by atomic mass is 9.82. The van der Waals surface area contributed by atoms with Crippen molar-refractivity contribution >= 4 is 11.6 Å². The summed E-state index contributed by atoms with van der Waals surface area (Å²) in [5.41, 5.74) is 0.219. The highest BCUT2D eigenvalue weighted by Gasteiger charge is 2.41. The van der Waals surface area contributed by atoms with Crippen LogP contribution >= 0.6 is 11.6 Å². The Labute approximate surface area is 130 Å². The summed E-state index contributed by atoms with van der Waals surface area (Å²) < 4.78 is 25.6. The Balaban J connectivity index is 2.24. The minimum Gasteiger partial charge on any atom is -0.381 e. The van der Waals surface area contributed by atoms with Gasteiger partial charge in [-0.1, -0.05) is 17.7 Å². The maximum Gasteiger partial charge on any atom is 0.127 e. The zero-order valence-electron chi connectivity index (χ0n) is 12.6. The fraction of sp³-hybridized carbons (Fsp3) is 0.625. The molecule has 1 N–H and O–H groups in total. The molecule has 1 aliphatic rings. The van der Waals surface area contributed by atoms with Gasteiger partial charge in [0.1, 0.15) is 5.82 Å². The van der Waals surface area contributed by atoms with Gasteiger partial charge in [-0.05, 0) is 32.5 Å². The largest absolute Gasteiger partial charge is 0.381 e. The molecule has 1 heterocycles. The highest BCUT2D eigenvalue weighted by atomic mass is 35.5. The second-order valence-corrected chi connectivity index (χ2v) is 5.76. The van der Waals surface area contributed by atoms with Crippen molar-refractivity contribution in [1.29, 1.82) is 0 Å². The summed E-state index contributed by atoms with van der Waals surface area (Å²) in [6.07, 6.45) is 2.11. The number of hydrogen-bond donors (Lipinski definition) is 1. The van der Waals surface area contributed by atoms with Crippen molar-refractivity contribution in [3.05, 3.63) is 34.6 Å². The molecule has 21 heavy (non-hydrogen) atoms. The first-order chi connectivity index (χ1) is 10.1. The van der Waals surface area contributed by atoms with Gasteiger partial charge in [-0.15, -0.1) is 0 Å². The van der Waals surface area contributed by atoms with E-state index >= 15 is 0 Å². The minimum atomic E-state index is -0.326. The summed E-state index contributed by atoms with van der Waals surface area (Å²) >= 11 is 6.16. The molecule has 0 saturated carbocycles. The summed E-state index contributed by atoms with van der Waals surface area (Å²) in [6, 6.07) is 4.80. The van der Waals surface area contributed by atoms with E-state index in [4.69, 9.17) is 21.1 Å². The van der Waals surface area contributed by atoms with Gasteiger partial charge >= 0.3 is 0 Å². The van der Waals surface area contributed by atoms with Crippen LogP contribution in [0.4, 0.5) is 4.39 Å². The molecule has 1 atom stereocenters. The Kier molecular flexibility index (Phi) is 5.99. The molecule has 118 valence electrons. The zero-order chi connectivity index (χ0) is 15.3. The van der Waals surface area contributed by atoms with Crippen molar-refractivity contribution in [2.24, 2.45) is 0 Å². The van der Waals surface area contributed by atoms with Crippen molar-refractivity contribution in [3.63, 3.8) is 0 Å². The molecule has 5 heteroatoms. The summed E-state index contributed by atoms with van der Waals surface area (Å²) in [6.45, 7) is 3.95. The predicted molar refractivity (Wildman–Crippen MR) is 82.4 cm³/mol. The van der Waals surface area contributed by atoms with Crippen molar-refractivity contribution < 1.29 is 13.9 Å². The first kappa shape index (κ1) is 16.7. The molecule has 1 aromatic carbocycles. The van der Waals surface area contributed by atoms with Gasteiger partial charge in [-0.3, -0.25) is 0 Å². The molecule has 3 nitrogen and oxygen atoms in total. The molecule has 1 saturated heterocycles. The molecular formula is C16H23ClFNO2. The van der Waals surface area contributed by atoms with Crippen LogP contribution in [0, 0.1) is 5.82 Å². The lowest BCUT2D eigenvalue weighted by Gasteiger charge is -2.43. The number of benzene rings is 1. The lowest BCUT2D eigenvalue weighted by Crippen LogP contribution is -2.55. The maximum absolute atomic E-state index is 14.0. The van der Waals surface area contributed by atoms with Gasteiger partial charge in [0.2, 0.25) is 0 Å². The van der Waals surface area contributed by atoms with E-state index in [0.29, 0.717) is 36.8 Å². The molecule has 0 radical (unpaired) electrons. The lowest BCUT2D eigenvalue weighted by molar-refractivity contribution is -0.125. The molecule has 0 aromatic heterocycles. The fourth-order valence-corrected chi connectivity index (χ4v) is 3.32. The van der Waals surface area contributed by atoms with Gasteiger partial charge in [-0.25, -0.2) is 4.39 Å². The molecule has 2 rings (SSSR count). The summed E-state index contributed by atoms with van der Waals surface area (Å²) in [5, 5.41) is 3.76. The molecule has 1 unspecified atom stereocenters. The van der Waals surface area contributed by atoms with Crippen LogP contribution in [0.2, 0.25) is 5.02 Å². The average molecular weight is 316 g/mol. The van der Waals surface area contributed by atoms with Gasteiger partial charge in [-0.2, -0.15) is 0 Å². The first-order valence-electron chi connectivity index (χ1n) is 7.45. The van der Waals surface area contributed by atoms with Crippen molar-refractivity contribution in [3.8, 4) is 0 Å². The number of rotatable bonds is 6. The van der Waals surface area contributed by atoms with Crippen LogP contribution in [-0.2, 0) is 15.9 Å². The van der Waals surface area contributed by atoms with E-state index in [-0.39, 0.29) is 17.5 Å². The summed E-state index contributed by atoms with van der Waals surface area (Å²) in [7, 11) is 1.88.